The van der Waals surface area contributed by atoms with E-state index < -0.39 is 6.19 Å². The Morgan fingerprint density at radius 2 is 1.18 bits per heavy atom. The molecular formula is C6H15FeO3P. The molecule has 0 bridgehead atoms. The van der Waals surface area contributed by atoms with Gasteiger partial charge in [-0.3, -0.25) is 0 Å². The van der Waals surface area contributed by atoms with Gasteiger partial charge in [0.25, 0.3) is 0 Å². The van der Waals surface area contributed by atoms with Gasteiger partial charge in [-0.05, 0) is 0 Å². The van der Waals surface area contributed by atoms with Gasteiger partial charge >= 0.3 is 75.5 Å². The van der Waals surface area contributed by atoms with Crippen molar-refractivity contribution in [2.45, 2.75) is 20.8 Å². The van der Waals surface area contributed by atoms with E-state index in [-0.39, 0.29) is 0 Å². The summed E-state index contributed by atoms with van der Waals surface area (Å²) in [7, 11) is 0. The summed E-state index contributed by atoms with van der Waals surface area (Å²) in [5.41, 5.74) is 0. The molecule has 0 amide bonds. The van der Waals surface area contributed by atoms with Crippen molar-refractivity contribution < 1.29 is 28.7 Å². The minimum absolute atomic E-state index is 0.581. The molecule has 0 aliphatic rings. The predicted molar refractivity (Wildman–Crippen MR) is 41.8 cm³/mol. The predicted octanol–water partition coefficient (Wildman–Crippen LogP) is 2.32. The average molecular weight is 222 g/mol. The molecule has 0 aliphatic carbocycles. The summed E-state index contributed by atoms with van der Waals surface area (Å²) in [6, 6.07) is 0. The molecule has 0 aromatic carbocycles. The van der Waals surface area contributed by atoms with Crippen LogP contribution in [0.1, 0.15) is 20.8 Å². The fourth-order valence-electron chi connectivity index (χ4n) is 0.565. The van der Waals surface area contributed by atoms with Crippen LogP contribution in [0.15, 0.2) is 0 Å². The summed E-state index contributed by atoms with van der Waals surface area (Å²) in [5, 5.41) is 0. The molecule has 0 rings (SSSR count). The second-order valence-electron chi connectivity index (χ2n) is 1.67. The Morgan fingerprint density at radius 1 is 0.909 bits per heavy atom. The van der Waals surface area contributed by atoms with Crippen LogP contribution in [0, 0.1) is 0 Å². The van der Waals surface area contributed by atoms with Gasteiger partial charge in [0, 0.05) is 0 Å². The molecule has 0 unspecified atom stereocenters. The van der Waals surface area contributed by atoms with E-state index in [0.29, 0.717) is 19.8 Å². The first-order valence-corrected chi connectivity index (χ1v) is 6.59. The van der Waals surface area contributed by atoms with Crippen molar-refractivity contribution in [3.8, 4) is 0 Å². The van der Waals surface area contributed by atoms with Crippen molar-refractivity contribution in [2.24, 2.45) is 0 Å². The summed E-state index contributed by atoms with van der Waals surface area (Å²) < 4.78 is 15.8. The summed E-state index contributed by atoms with van der Waals surface area (Å²) in [5.74, 6) is 0. The van der Waals surface area contributed by atoms with Crippen molar-refractivity contribution in [3.05, 3.63) is 0 Å². The third-order valence-corrected chi connectivity index (χ3v) is 3.80. The van der Waals surface area contributed by atoms with Crippen LogP contribution >= 0.6 is 6.19 Å². The van der Waals surface area contributed by atoms with Crippen LogP contribution in [0.2, 0.25) is 0 Å². The maximum absolute atomic E-state index is 5.27. The zero-order valence-electron chi connectivity index (χ0n) is 7.15. The first kappa shape index (κ1) is 11.8. The van der Waals surface area contributed by atoms with Gasteiger partial charge in [0.1, 0.15) is 0 Å². The topological polar surface area (TPSA) is 27.7 Å². The molecule has 0 radical (unpaired) electrons. The van der Waals surface area contributed by atoms with Crippen molar-refractivity contribution in [1.29, 1.82) is 0 Å². The Hall–Kier alpha value is 0.829. The van der Waals surface area contributed by atoms with E-state index in [2.05, 4.69) is 15.1 Å². The van der Waals surface area contributed by atoms with Gasteiger partial charge in [-0.1, -0.05) is 0 Å². The summed E-state index contributed by atoms with van der Waals surface area (Å²) in [6.45, 7) is 7.44. The maximum atomic E-state index is 5.27. The van der Waals surface area contributed by atoms with Gasteiger partial charge in [-0.25, -0.2) is 0 Å². The average Bonchev–Trinajstić information content (AvgIpc) is 1.88. The van der Waals surface area contributed by atoms with Crippen LogP contribution in [-0.2, 0) is 28.7 Å². The Morgan fingerprint density at radius 3 is 1.36 bits per heavy atom. The standard InChI is InChI=1S/C6H15O3P.Fe/c1-4-7-10(8-5-2)9-6-3;/h4-6H2,1-3H3;. The van der Waals surface area contributed by atoms with Gasteiger partial charge in [0.2, 0.25) is 0 Å². The van der Waals surface area contributed by atoms with E-state index in [4.69, 9.17) is 13.6 Å². The molecule has 0 atom stereocenters. The SMILES string of the molecule is CCO[P](=[Fe])(OCC)OCC. The van der Waals surface area contributed by atoms with E-state index in [0.717, 1.165) is 0 Å². The molecule has 0 saturated heterocycles. The van der Waals surface area contributed by atoms with E-state index in [1.165, 1.54) is 0 Å². The Balaban J connectivity index is 3.91. The van der Waals surface area contributed by atoms with E-state index in [1.807, 2.05) is 20.8 Å². The fourth-order valence-corrected chi connectivity index (χ4v) is 2.98. The molecule has 0 aliphatic heterocycles. The second kappa shape index (κ2) is 6.36. The van der Waals surface area contributed by atoms with Gasteiger partial charge in [-0.2, -0.15) is 0 Å². The third-order valence-electron chi connectivity index (χ3n) is 0.840. The first-order chi connectivity index (χ1) is 5.18. The van der Waals surface area contributed by atoms with Crippen LogP contribution in [0.25, 0.3) is 0 Å². The number of rotatable bonds is 6. The third kappa shape index (κ3) is 5.13. The van der Waals surface area contributed by atoms with Crippen molar-refractivity contribution in [2.75, 3.05) is 19.8 Å². The monoisotopic (exact) mass is 222 g/mol. The normalized spacial score (nSPS) is 12.0. The Labute approximate surface area is 75.9 Å². The molecule has 0 aromatic rings. The Bertz CT molecular complexity index is 116. The van der Waals surface area contributed by atoms with Crippen molar-refractivity contribution in [1.82, 2.24) is 0 Å². The van der Waals surface area contributed by atoms with Crippen molar-refractivity contribution in [3.63, 3.8) is 0 Å². The Kier molecular flexibility index (Phi) is 6.84. The molecule has 3 nitrogen and oxygen atoms in total. The zero-order valence-corrected chi connectivity index (χ0v) is 9.15. The number of hydrogen-bond donors (Lipinski definition) is 0. The van der Waals surface area contributed by atoms with Crippen molar-refractivity contribution >= 4 is 6.19 Å². The van der Waals surface area contributed by atoms with Crippen LogP contribution in [0.4, 0.5) is 0 Å². The molecule has 0 fully saturated rings. The van der Waals surface area contributed by atoms with Crippen LogP contribution in [-0.4, -0.2) is 19.8 Å². The quantitative estimate of drug-likeness (QED) is 0.509. The molecule has 0 aromatic heterocycles. The molecule has 0 N–H and O–H groups in total. The van der Waals surface area contributed by atoms with Crippen LogP contribution < -0.4 is 0 Å². The summed E-state index contributed by atoms with van der Waals surface area (Å²) in [6.07, 6.45) is -2.22. The van der Waals surface area contributed by atoms with Gasteiger partial charge in [0.05, 0.1) is 0 Å². The molecule has 70 valence electrons. The van der Waals surface area contributed by atoms with Gasteiger partial charge < -0.3 is 0 Å². The van der Waals surface area contributed by atoms with E-state index in [9.17, 15) is 0 Å². The first-order valence-electron chi connectivity index (χ1n) is 3.69. The molecule has 0 saturated carbocycles. The van der Waals surface area contributed by atoms with E-state index in [1.54, 1.807) is 0 Å². The fraction of sp³-hybridized carbons (Fsp3) is 1.00. The minimum atomic E-state index is -2.22. The van der Waals surface area contributed by atoms with E-state index >= 15 is 0 Å². The molecule has 11 heavy (non-hydrogen) atoms. The van der Waals surface area contributed by atoms with Gasteiger partial charge in [-0.15, -0.1) is 0 Å². The van der Waals surface area contributed by atoms with Crippen LogP contribution in [0.5, 0.6) is 0 Å². The summed E-state index contributed by atoms with van der Waals surface area (Å²) in [4.78, 5) is 0. The molecule has 5 heteroatoms. The van der Waals surface area contributed by atoms with Crippen LogP contribution in [0.3, 0.4) is 0 Å². The van der Waals surface area contributed by atoms with Gasteiger partial charge in [0.15, 0.2) is 0 Å². The molecule has 0 spiro atoms. The summed E-state index contributed by atoms with van der Waals surface area (Å²) >= 11 is 3.78. The molecule has 0 heterocycles. The molecular weight excluding hydrogens is 207 g/mol. The number of hydrogen-bond acceptors (Lipinski definition) is 3. The second-order valence-corrected chi connectivity index (χ2v) is 5.09. The zero-order chi connectivity index (χ0) is 8.74.